The van der Waals surface area contributed by atoms with Gasteiger partial charge < -0.3 is 9.73 Å². The zero-order valence-electron chi connectivity index (χ0n) is 12.0. The molecule has 3 nitrogen and oxygen atoms in total. The zero-order valence-corrected chi connectivity index (χ0v) is 14.2. The van der Waals surface area contributed by atoms with Crippen LogP contribution in [-0.2, 0) is 0 Å². The second kappa shape index (κ2) is 5.70. The first kappa shape index (κ1) is 14.3. The van der Waals surface area contributed by atoms with E-state index in [1.165, 1.54) is 0 Å². The third-order valence-electron chi connectivity index (χ3n) is 3.75. The summed E-state index contributed by atoms with van der Waals surface area (Å²) in [6.45, 7) is 0. The zero-order chi connectivity index (χ0) is 15.8. The molecule has 0 aliphatic rings. The number of anilines is 1. The molecule has 1 N–H and O–H groups in total. The van der Waals surface area contributed by atoms with Crippen LogP contribution < -0.4 is 5.32 Å². The molecule has 0 unspecified atom stereocenters. The monoisotopic (exact) mass is 413 g/mol. The lowest BCUT2D eigenvalue weighted by atomic mass is 10.1. The van der Waals surface area contributed by atoms with E-state index in [2.05, 4.69) is 27.9 Å². The number of hydrogen-bond acceptors (Lipinski definition) is 2. The fourth-order valence-corrected chi connectivity index (χ4v) is 2.99. The summed E-state index contributed by atoms with van der Waals surface area (Å²) >= 11 is 2.23. The molecule has 0 saturated carbocycles. The van der Waals surface area contributed by atoms with Gasteiger partial charge in [-0.25, -0.2) is 0 Å². The normalized spacial score (nSPS) is 11.0. The molecule has 4 aromatic rings. The van der Waals surface area contributed by atoms with E-state index in [-0.39, 0.29) is 5.91 Å². The van der Waals surface area contributed by atoms with Crippen LogP contribution in [-0.4, -0.2) is 5.91 Å². The van der Waals surface area contributed by atoms with Crippen LogP contribution in [0.4, 0.5) is 5.69 Å². The highest BCUT2D eigenvalue weighted by Crippen LogP contribution is 2.28. The quantitative estimate of drug-likeness (QED) is 0.445. The Kier molecular flexibility index (Phi) is 3.53. The lowest BCUT2D eigenvalue weighted by molar-refractivity contribution is 0.0998. The minimum atomic E-state index is -0.244. The number of halogens is 1. The standard InChI is InChI=1S/C19H12INO2/c20-13-6-8-14(9-7-13)21-19(22)18-11-16-15-4-2-1-3-12(15)5-10-17(16)23-18/h1-11H,(H,21,22). The third-order valence-corrected chi connectivity index (χ3v) is 4.47. The molecule has 3 aromatic carbocycles. The van der Waals surface area contributed by atoms with Gasteiger partial charge in [-0.1, -0.05) is 30.3 Å². The molecule has 0 saturated heterocycles. The number of furan rings is 1. The predicted molar refractivity (Wildman–Crippen MR) is 101 cm³/mol. The van der Waals surface area contributed by atoms with Gasteiger partial charge in [0.15, 0.2) is 5.76 Å². The molecule has 0 spiro atoms. The highest BCUT2D eigenvalue weighted by atomic mass is 127. The van der Waals surface area contributed by atoms with Crippen LogP contribution in [0.2, 0.25) is 0 Å². The molecule has 0 aliphatic carbocycles. The van der Waals surface area contributed by atoms with Crippen molar-refractivity contribution in [3.63, 3.8) is 0 Å². The van der Waals surface area contributed by atoms with Crippen molar-refractivity contribution in [1.82, 2.24) is 0 Å². The van der Waals surface area contributed by atoms with Gasteiger partial charge in [0.05, 0.1) is 0 Å². The Labute approximate surface area is 146 Å². The van der Waals surface area contributed by atoms with E-state index in [1.54, 1.807) is 6.07 Å². The van der Waals surface area contributed by atoms with Crippen LogP contribution in [0, 0.1) is 3.57 Å². The van der Waals surface area contributed by atoms with Gasteiger partial charge in [0.1, 0.15) is 5.58 Å². The first-order chi connectivity index (χ1) is 11.2. The van der Waals surface area contributed by atoms with Crippen molar-refractivity contribution in [2.75, 3.05) is 5.32 Å². The highest BCUT2D eigenvalue weighted by Gasteiger charge is 2.14. The van der Waals surface area contributed by atoms with Crippen LogP contribution in [0.25, 0.3) is 21.7 Å². The lowest BCUT2D eigenvalue weighted by Crippen LogP contribution is -2.10. The smallest absolute Gasteiger partial charge is 0.291 e. The molecule has 1 amide bonds. The van der Waals surface area contributed by atoms with Gasteiger partial charge in [0.2, 0.25) is 0 Å². The van der Waals surface area contributed by atoms with E-state index in [0.29, 0.717) is 5.76 Å². The van der Waals surface area contributed by atoms with Crippen LogP contribution >= 0.6 is 22.6 Å². The second-order valence-corrected chi connectivity index (χ2v) is 6.52. The number of nitrogens with one attached hydrogen (secondary N) is 1. The summed E-state index contributed by atoms with van der Waals surface area (Å²) in [5, 5.41) is 6.03. The average molecular weight is 413 g/mol. The molecule has 4 rings (SSSR count). The Balaban J connectivity index is 1.72. The predicted octanol–water partition coefficient (Wildman–Crippen LogP) is 5.44. The number of hydrogen-bond donors (Lipinski definition) is 1. The van der Waals surface area contributed by atoms with Crippen LogP contribution in [0.5, 0.6) is 0 Å². The Bertz CT molecular complexity index is 1020. The van der Waals surface area contributed by atoms with Gasteiger partial charge >= 0.3 is 0 Å². The van der Waals surface area contributed by atoms with E-state index < -0.39 is 0 Å². The summed E-state index contributed by atoms with van der Waals surface area (Å²) in [6, 6.07) is 21.4. The Morgan fingerprint density at radius 3 is 2.52 bits per heavy atom. The highest BCUT2D eigenvalue weighted by molar-refractivity contribution is 14.1. The van der Waals surface area contributed by atoms with Crippen molar-refractivity contribution in [2.45, 2.75) is 0 Å². The number of benzene rings is 3. The summed E-state index contributed by atoms with van der Waals surface area (Å²) in [4.78, 5) is 12.4. The minimum Gasteiger partial charge on any atom is -0.451 e. The first-order valence-corrected chi connectivity index (χ1v) is 8.27. The molecular weight excluding hydrogens is 401 g/mol. The van der Waals surface area contributed by atoms with Crippen molar-refractivity contribution < 1.29 is 9.21 Å². The molecule has 23 heavy (non-hydrogen) atoms. The van der Waals surface area contributed by atoms with Gasteiger partial charge in [-0.3, -0.25) is 4.79 Å². The molecule has 0 bridgehead atoms. The largest absolute Gasteiger partial charge is 0.451 e. The summed E-state index contributed by atoms with van der Waals surface area (Å²) in [6.07, 6.45) is 0. The van der Waals surface area contributed by atoms with Gasteiger partial charge in [-0.15, -0.1) is 0 Å². The van der Waals surface area contributed by atoms with Gasteiger partial charge in [0.25, 0.3) is 5.91 Å². The van der Waals surface area contributed by atoms with Gasteiger partial charge in [0, 0.05) is 14.6 Å². The maximum atomic E-state index is 12.4. The van der Waals surface area contributed by atoms with Crippen molar-refractivity contribution >= 4 is 55.9 Å². The summed E-state index contributed by atoms with van der Waals surface area (Å²) < 4.78 is 6.84. The topological polar surface area (TPSA) is 42.2 Å². The van der Waals surface area contributed by atoms with Crippen LogP contribution in [0.1, 0.15) is 10.6 Å². The van der Waals surface area contributed by atoms with E-state index >= 15 is 0 Å². The van der Waals surface area contributed by atoms with Gasteiger partial charge in [-0.05, 0) is 69.8 Å². The fourth-order valence-electron chi connectivity index (χ4n) is 2.63. The number of carbonyl (C=O) groups is 1. The Morgan fingerprint density at radius 1 is 0.913 bits per heavy atom. The molecule has 1 heterocycles. The molecule has 0 radical (unpaired) electrons. The molecule has 0 fully saturated rings. The van der Waals surface area contributed by atoms with Crippen molar-refractivity contribution in [3.05, 3.63) is 76.1 Å². The molecular formula is C19H12INO2. The number of amides is 1. The van der Waals surface area contributed by atoms with Crippen LogP contribution in [0.3, 0.4) is 0 Å². The summed E-state index contributed by atoms with van der Waals surface area (Å²) in [5.41, 5.74) is 1.47. The van der Waals surface area contributed by atoms with E-state index in [1.807, 2.05) is 60.7 Å². The average Bonchev–Trinajstić information content (AvgIpc) is 3.02. The molecule has 0 aliphatic heterocycles. The number of carbonyl (C=O) groups excluding carboxylic acids is 1. The SMILES string of the molecule is O=C(Nc1ccc(I)cc1)c1cc2c(ccc3ccccc32)o1. The van der Waals surface area contributed by atoms with Crippen molar-refractivity contribution in [2.24, 2.45) is 0 Å². The number of rotatable bonds is 2. The summed E-state index contributed by atoms with van der Waals surface area (Å²) in [5.74, 6) is 0.0707. The number of fused-ring (bicyclic) bond motifs is 3. The lowest BCUT2D eigenvalue weighted by Gasteiger charge is -2.02. The fraction of sp³-hybridized carbons (Fsp3) is 0. The van der Waals surface area contributed by atoms with Gasteiger partial charge in [-0.2, -0.15) is 0 Å². The second-order valence-electron chi connectivity index (χ2n) is 5.27. The first-order valence-electron chi connectivity index (χ1n) is 7.19. The van der Waals surface area contributed by atoms with Crippen molar-refractivity contribution in [3.8, 4) is 0 Å². The Hall–Kier alpha value is -2.34. The maximum Gasteiger partial charge on any atom is 0.291 e. The molecule has 112 valence electrons. The minimum absolute atomic E-state index is 0.244. The molecule has 0 atom stereocenters. The molecule has 1 aromatic heterocycles. The van der Waals surface area contributed by atoms with Crippen LogP contribution in [0.15, 0.2) is 71.1 Å². The van der Waals surface area contributed by atoms with Crippen molar-refractivity contribution in [1.29, 1.82) is 0 Å². The molecule has 4 heteroatoms. The van der Waals surface area contributed by atoms with E-state index in [0.717, 1.165) is 31.0 Å². The Morgan fingerprint density at radius 2 is 1.70 bits per heavy atom. The summed E-state index contributed by atoms with van der Waals surface area (Å²) in [7, 11) is 0. The third kappa shape index (κ3) is 2.70. The van der Waals surface area contributed by atoms with E-state index in [4.69, 9.17) is 4.42 Å². The maximum absolute atomic E-state index is 12.4. The van der Waals surface area contributed by atoms with E-state index in [9.17, 15) is 4.79 Å².